The number of ether oxygens (including phenoxy) is 1. The molecule has 0 aromatic heterocycles. The molecule has 0 unspecified atom stereocenters. The highest BCUT2D eigenvalue weighted by molar-refractivity contribution is 7.93. The summed E-state index contributed by atoms with van der Waals surface area (Å²) in [4.78, 5) is 13.3. The van der Waals surface area contributed by atoms with E-state index < -0.39 is 20.5 Å². The number of sulfone groups is 1. The second kappa shape index (κ2) is 9.96. The summed E-state index contributed by atoms with van der Waals surface area (Å²) in [6, 6.07) is 15.0. The zero-order valence-corrected chi connectivity index (χ0v) is 18.2. The molecule has 1 saturated heterocycles. The molecule has 0 atom stereocenters. The molecule has 2 aromatic rings. The first-order valence-corrected chi connectivity index (χ1v) is 11.5. The lowest BCUT2D eigenvalue weighted by Gasteiger charge is -2.37. The first-order valence-electron chi connectivity index (χ1n) is 10.0. The van der Waals surface area contributed by atoms with Crippen LogP contribution in [-0.4, -0.2) is 49.0 Å². The van der Waals surface area contributed by atoms with E-state index in [-0.39, 0.29) is 30.9 Å². The molecular weight excluding hydrogens is 416 g/mol. The molecule has 8 heteroatoms. The molecule has 1 fully saturated rings. The third-order valence-electron chi connectivity index (χ3n) is 5.33. The van der Waals surface area contributed by atoms with Gasteiger partial charge in [-0.05, 0) is 56.6 Å². The largest absolute Gasteiger partial charge is 0.481 e. The molecule has 164 valence electrons. The van der Waals surface area contributed by atoms with E-state index in [9.17, 15) is 18.4 Å². The van der Waals surface area contributed by atoms with E-state index in [1.54, 1.807) is 43.3 Å². The van der Waals surface area contributed by atoms with Crippen LogP contribution in [0.25, 0.3) is 0 Å². The summed E-state index contributed by atoms with van der Waals surface area (Å²) in [5.74, 6) is 5.00. The average Bonchev–Trinajstić information content (AvgIpc) is 2.80. The second-order valence-corrected chi connectivity index (χ2v) is 9.55. The molecule has 0 spiro atoms. The molecule has 0 bridgehead atoms. The highest BCUT2D eigenvalue weighted by Gasteiger charge is 2.53. The Morgan fingerprint density at radius 1 is 1.16 bits per heavy atom. The van der Waals surface area contributed by atoms with E-state index in [4.69, 9.17) is 4.74 Å². The van der Waals surface area contributed by atoms with Crippen LogP contribution in [-0.2, 0) is 21.2 Å². The van der Waals surface area contributed by atoms with Crippen LogP contribution in [0.3, 0.4) is 0 Å². The van der Waals surface area contributed by atoms with Crippen molar-refractivity contribution in [1.82, 2.24) is 10.4 Å². The van der Waals surface area contributed by atoms with Gasteiger partial charge in [0.1, 0.15) is 12.4 Å². The Hall–Kier alpha value is -2.86. The number of hydrogen-bond donors (Lipinski definition) is 2. The number of rotatable bonds is 7. The minimum Gasteiger partial charge on any atom is -0.481 e. The lowest BCUT2D eigenvalue weighted by atomic mass is 9.95. The Morgan fingerprint density at radius 2 is 1.87 bits per heavy atom. The van der Waals surface area contributed by atoms with Crippen molar-refractivity contribution in [3.8, 4) is 17.6 Å². The van der Waals surface area contributed by atoms with Gasteiger partial charge < -0.3 is 10.1 Å². The quantitative estimate of drug-likeness (QED) is 0.388. The van der Waals surface area contributed by atoms with Gasteiger partial charge in [-0.3, -0.25) is 10.0 Å². The van der Waals surface area contributed by atoms with Gasteiger partial charge in [-0.2, -0.15) is 0 Å². The first-order chi connectivity index (χ1) is 14.9. The molecule has 1 aliphatic heterocycles. The topological polar surface area (TPSA) is 95.9 Å². The number of amides is 1. The Labute approximate surface area is 182 Å². The minimum absolute atomic E-state index is 0.0159. The number of benzene rings is 2. The Bertz CT molecular complexity index is 1070. The molecule has 2 N–H and O–H groups in total. The van der Waals surface area contributed by atoms with Gasteiger partial charge in [0.15, 0.2) is 14.6 Å². The summed E-state index contributed by atoms with van der Waals surface area (Å²) in [5, 5.41) is 14.2. The Kier molecular flexibility index (Phi) is 7.33. The normalized spacial score (nSPS) is 15.4. The minimum atomic E-state index is -4.12. The van der Waals surface area contributed by atoms with Gasteiger partial charge in [-0.15, -0.1) is 5.92 Å². The molecule has 0 saturated carbocycles. The molecule has 31 heavy (non-hydrogen) atoms. The van der Waals surface area contributed by atoms with Crippen LogP contribution in [0.5, 0.6) is 5.75 Å². The zero-order chi connectivity index (χ0) is 22.3. The van der Waals surface area contributed by atoms with Crippen molar-refractivity contribution in [2.45, 2.75) is 36.0 Å². The van der Waals surface area contributed by atoms with Crippen LogP contribution in [0.1, 0.15) is 25.3 Å². The molecular formula is C23H26N2O5S. The fourth-order valence-electron chi connectivity index (χ4n) is 3.64. The van der Waals surface area contributed by atoms with E-state index in [0.717, 1.165) is 0 Å². The smallest absolute Gasteiger partial charge is 0.268 e. The van der Waals surface area contributed by atoms with Crippen molar-refractivity contribution >= 4 is 15.7 Å². The summed E-state index contributed by atoms with van der Waals surface area (Å²) in [7, 11) is -4.12. The van der Waals surface area contributed by atoms with Crippen LogP contribution in [0.15, 0.2) is 59.5 Å². The fourth-order valence-corrected chi connectivity index (χ4v) is 5.70. The second-order valence-electron chi connectivity index (χ2n) is 7.29. The van der Waals surface area contributed by atoms with E-state index in [1.807, 2.05) is 6.07 Å². The third kappa shape index (κ3) is 4.90. The SMILES string of the molecule is CC#CCOc1cccc(S(=O)(=O)C2(C(=O)N(O)Cc3ccccc3)CCNCC2)c1. The van der Waals surface area contributed by atoms with Gasteiger partial charge in [0, 0.05) is 0 Å². The van der Waals surface area contributed by atoms with Gasteiger partial charge in [0.25, 0.3) is 5.91 Å². The highest BCUT2D eigenvalue weighted by atomic mass is 32.2. The van der Waals surface area contributed by atoms with Crippen molar-refractivity contribution in [2.75, 3.05) is 19.7 Å². The number of hydroxylamine groups is 2. The monoisotopic (exact) mass is 442 g/mol. The zero-order valence-electron chi connectivity index (χ0n) is 17.4. The van der Waals surface area contributed by atoms with Crippen molar-refractivity contribution in [2.24, 2.45) is 0 Å². The maximum atomic E-state index is 13.7. The fraction of sp³-hybridized carbons (Fsp3) is 0.348. The number of nitrogens with one attached hydrogen (secondary N) is 1. The van der Waals surface area contributed by atoms with Crippen LogP contribution in [0, 0.1) is 11.8 Å². The summed E-state index contributed by atoms with van der Waals surface area (Å²) < 4.78 is 31.2. The summed E-state index contributed by atoms with van der Waals surface area (Å²) in [6.45, 7) is 2.43. The van der Waals surface area contributed by atoms with E-state index in [0.29, 0.717) is 29.5 Å². The molecule has 0 aliphatic carbocycles. The number of carbonyl (C=O) groups is 1. The Morgan fingerprint density at radius 3 is 2.55 bits per heavy atom. The maximum absolute atomic E-state index is 13.7. The third-order valence-corrected chi connectivity index (χ3v) is 7.81. The summed E-state index contributed by atoms with van der Waals surface area (Å²) >= 11 is 0. The Balaban J connectivity index is 1.94. The lowest BCUT2D eigenvalue weighted by molar-refractivity contribution is -0.172. The summed E-state index contributed by atoms with van der Waals surface area (Å²) in [5.41, 5.74) is 0.701. The van der Waals surface area contributed by atoms with E-state index >= 15 is 0 Å². The van der Waals surface area contributed by atoms with Crippen LogP contribution >= 0.6 is 0 Å². The van der Waals surface area contributed by atoms with Gasteiger partial charge >= 0.3 is 0 Å². The van der Waals surface area contributed by atoms with E-state index in [1.165, 1.54) is 12.1 Å². The lowest BCUT2D eigenvalue weighted by Crippen LogP contribution is -2.57. The molecule has 2 aromatic carbocycles. The van der Waals surface area contributed by atoms with E-state index in [2.05, 4.69) is 17.2 Å². The molecule has 0 radical (unpaired) electrons. The van der Waals surface area contributed by atoms with Gasteiger partial charge in [0.05, 0.1) is 11.4 Å². The van der Waals surface area contributed by atoms with Gasteiger partial charge in [-0.25, -0.2) is 13.5 Å². The van der Waals surface area contributed by atoms with Crippen LogP contribution in [0.4, 0.5) is 0 Å². The number of carbonyl (C=O) groups excluding carboxylic acids is 1. The molecule has 3 rings (SSSR count). The summed E-state index contributed by atoms with van der Waals surface area (Å²) in [6.07, 6.45) is 0.124. The van der Waals surface area contributed by atoms with Crippen molar-refractivity contribution < 1.29 is 23.2 Å². The average molecular weight is 443 g/mol. The van der Waals surface area contributed by atoms with Gasteiger partial charge in [0.2, 0.25) is 0 Å². The van der Waals surface area contributed by atoms with Crippen molar-refractivity contribution in [1.29, 1.82) is 0 Å². The predicted octanol–water partition coefficient (Wildman–Crippen LogP) is 2.40. The standard InChI is InChI=1S/C23H26N2O5S/c1-2-3-16-30-20-10-7-11-21(17-20)31(28,29)23(12-14-24-15-13-23)22(26)25(27)18-19-8-5-4-6-9-19/h4-11,17,24,27H,12-16,18H2,1H3. The van der Waals surface area contributed by atoms with Crippen molar-refractivity contribution in [3.05, 3.63) is 60.2 Å². The predicted molar refractivity (Wildman–Crippen MR) is 116 cm³/mol. The maximum Gasteiger partial charge on any atom is 0.268 e. The number of nitrogens with zero attached hydrogens (tertiary/aromatic N) is 1. The highest BCUT2D eigenvalue weighted by Crippen LogP contribution is 2.36. The molecule has 7 nitrogen and oxygen atoms in total. The molecule has 1 heterocycles. The van der Waals surface area contributed by atoms with Gasteiger partial charge in [-0.1, -0.05) is 42.3 Å². The molecule has 1 aliphatic rings. The number of piperidine rings is 1. The number of hydrogen-bond acceptors (Lipinski definition) is 6. The van der Waals surface area contributed by atoms with Crippen molar-refractivity contribution in [3.63, 3.8) is 0 Å². The molecule has 1 amide bonds. The van der Waals surface area contributed by atoms with Crippen LogP contribution < -0.4 is 10.1 Å². The van der Waals surface area contributed by atoms with Crippen LogP contribution in [0.2, 0.25) is 0 Å². The first kappa shape index (κ1) is 22.8.